The molecule has 0 aromatic heterocycles. The third-order valence-corrected chi connectivity index (χ3v) is 6.71. The second-order valence-electron chi connectivity index (χ2n) is 7.99. The van der Waals surface area contributed by atoms with Crippen molar-refractivity contribution in [2.24, 2.45) is 5.41 Å². The molecule has 1 amide bonds. The molecule has 0 spiro atoms. The minimum absolute atomic E-state index is 0.0576. The summed E-state index contributed by atoms with van der Waals surface area (Å²) < 4.78 is 34.8. The molecule has 156 valence electrons. The van der Waals surface area contributed by atoms with E-state index in [0.717, 1.165) is 5.39 Å². The second-order valence-corrected chi connectivity index (χ2v) is 9.64. The molecular formula is C23H24N2O4S. The van der Waals surface area contributed by atoms with Gasteiger partial charge in [0, 0.05) is 11.9 Å². The summed E-state index contributed by atoms with van der Waals surface area (Å²) in [7, 11) is -3.83. The molecule has 0 aliphatic carbocycles. The maximum Gasteiger partial charge on any atom is 0.262 e. The molecule has 1 aliphatic heterocycles. The Morgan fingerprint density at radius 3 is 2.57 bits per heavy atom. The minimum atomic E-state index is -3.83. The minimum Gasteiger partial charge on any atom is -0.490 e. The zero-order valence-corrected chi connectivity index (χ0v) is 18.0. The van der Waals surface area contributed by atoms with Gasteiger partial charge in [0.15, 0.2) is 0 Å². The van der Waals surface area contributed by atoms with E-state index in [9.17, 15) is 13.2 Å². The van der Waals surface area contributed by atoms with Gasteiger partial charge in [-0.05, 0) is 50.4 Å². The Bertz CT molecular complexity index is 1230. The van der Waals surface area contributed by atoms with Crippen LogP contribution in [0.2, 0.25) is 0 Å². The van der Waals surface area contributed by atoms with E-state index < -0.39 is 15.4 Å². The summed E-state index contributed by atoms with van der Waals surface area (Å²) in [6, 6.07) is 17.5. The van der Waals surface area contributed by atoms with E-state index in [1.54, 1.807) is 41.3 Å². The molecule has 4 rings (SSSR count). The van der Waals surface area contributed by atoms with E-state index in [0.29, 0.717) is 29.1 Å². The topological polar surface area (TPSA) is 75.7 Å². The zero-order valence-electron chi connectivity index (χ0n) is 17.2. The van der Waals surface area contributed by atoms with Gasteiger partial charge in [-0.25, -0.2) is 8.42 Å². The van der Waals surface area contributed by atoms with Gasteiger partial charge in [0.25, 0.3) is 10.0 Å². The summed E-state index contributed by atoms with van der Waals surface area (Å²) >= 11 is 0. The largest absolute Gasteiger partial charge is 0.490 e. The lowest BCUT2D eigenvalue weighted by molar-refractivity contribution is -0.127. The molecular weight excluding hydrogens is 400 g/mol. The van der Waals surface area contributed by atoms with Crippen molar-refractivity contribution in [2.75, 3.05) is 22.8 Å². The first kappa shape index (κ1) is 20.2. The summed E-state index contributed by atoms with van der Waals surface area (Å²) in [6.45, 7) is 6.28. The molecule has 0 radical (unpaired) electrons. The summed E-state index contributed by atoms with van der Waals surface area (Å²) in [5.74, 6) is 0.502. The van der Waals surface area contributed by atoms with Crippen LogP contribution in [0, 0.1) is 5.41 Å². The molecule has 0 saturated heterocycles. The smallest absolute Gasteiger partial charge is 0.262 e. The monoisotopic (exact) mass is 424 g/mol. The molecule has 0 bridgehead atoms. The number of sulfonamides is 1. The Balaban J connectivity index is 1.74. The van der Waals surface area contributed by atoms with Crippen molar-refractivity contribution in [1.29, 1.82) is 0 Å². The number of carbonyl (C=O) groups excluding carboxylic acids is 1. The van der Waals surface area contributed by atoms with Gasteiger partial charge in [0.05, 0.1) is 21.7 Å². The fraction of sp³-hybridized carbons (Fsp3) is 0.261. The van der Waals surface area contributed by atoms with Crippen LogP contribution >= 0.6 is 0 Å². The van der Waals surface area contributed by atoms with Gasteiger partial charge >= 0.3 is 0 Å². The van der Waals surface area contributed by atoms with Crippen molar-refractivity contribution >= 4 is 38.1 Å². The molecule has 0 fully saturated rings. The molecule has 0 unspecified atom stereocenters. The van der Waals surface area contributed by atoms with Gasteiger partial charge in [-0.1, -0.05) is 36.4 Å². The Morgan fingerprint density at radius 1 is 1.07 bits per heavy atom. The molecule has 1 N–H and O–H groups in total. The average Bonchev–Trinajstić information content (AvgIpc) is 2.81. The number of carbonyl (C=O) groups is 1. The predicted octanol–water partition coefficient (Wildman–Crippen LogP) is 4.41. The van der Waals surface area contributed by atoms with E-state index in [-0.39, 0.29) is 17.4 Å². The number of ether oxygens (including phenoxy) is 1. The first-order valence-electron chi connectivity index (χ1n) is 9.82. The van der Waals surface area contributed by atoms with Crippen LogP contribution in [0.4, 0.5) is 11.4 Å². The lowest BCUT2D eigenvalue weighted by Crippen LogP contribution is -2.42. The number of hydrogen-bond acceptors (Lipinski definition) is 4. The molecule has 3 aromatic rings. The van der Waals surface area contributed by atoms with Gasteiger partial charge in [-0.3, -0.25) is 9.52 Å². The maximum absolute atomic E-state index is 13.1. The van der Waals surface area contributed by atoms with Crippen LogP contribution in [0.5, 0.6) is 5.75 Å². The Hall–Kier alpha value is -3.06. The summed E-state index contributed by atoms with van der Waals surface area (Å²) in [4.78, 5) is 14.8. The lowest BCUT2D eigenvalue weighted by atomic mass is 9.93. The fourth-order valence-corrected chi connectivity index (χ4v) is 4.94. The molecule has 0 saturated carbocycles. The quantitative estimate of drug-likeness (QED) is 0.673. The number of amides is 1. The van der Waals surface area contributed by atoms with Crippen LogP contribution in [0.3, 0.4) is 0 Å². The van der Waals surface area contributed by atoms with Crippen molar-refractivity contribution in [2.45, 2.75) is 25.7 Å². The highest BCUT2D eigenvalue weighted by Crippen LogP contribution is 2.38. The van der Waals surface area contributed by atoms with Gasteiger partial charge in [0.1, 0.15) is 12.4 Å². The number of rotatable bonds is 4. The van der Waals surface area contributed by atoms with Crippen LogP contribution in [0.1, 0.15) is 20.8 Å². The SMILES string of the molecule is CCN1C(=O)C(C)(C)COc2ccc(NS(=O)(=O)c3cccc4ccccc34)cc21. The van der Waals surface area contributed by atoms with E-state index in [4.69, 9.17) is 4.74 Å². The van der Waals surface area contributed by atoms with Gasteiger partial charge in [-0.15, -0.1) is 0 Å². The summed E-state index contributed by atoms with van der Waals surface area (Å²) in [5, 5.41) is 1.50. The van der Waals surface area contributed by atoms with E-state index >= 15 is 0 Å². The highest BCUT2D eigenvalue weighted by molar-refractivity contribution is 7.93. The van der Waals surface area contributed by atoms with Gasteiger partial charge in [-0.2, -0.15) is 0 Å². The Kier molecular flexibility index (Phi) is 4.94. The van der Waals surface area contributed by atoms with Crippen LogP contribution in [-0.2, 0) is 14.8 Å². The third-order valence-electron chi connectivity index (χ3n) is 5.27. The van der Waals surface area contributed by atoms with Gasteiger partial charge in [0.2, 0.25) is 5.91 Å². The van der Waals surface area contributed by atoms with Crippen LogP contribution < -0.4 is 14.4 Å². The zero-order chi connectivity index (χ0) is 21.5. The molecule has 1 heterocycles. The standard InChI is InChI=1S/C23H24N2O4S/c1-4-25-19-14-17(12-13-20(19)29-15-23(2,3)22(25)26)24-30(27,28)21-11-7-9-16-8-5-6-10-18(16)21/h5-14,24H,4,15H2,1-3H3. The second kappa shape index (κ2) is 7.32. The van der Waals surface area contributed by atoms with Crippen molar-refractivity contribution in [3.05, 3.63) is 60.7 Å². The first-order chi connectivity index (χ1) is 14.2. The van der Waals surface area contributed by atoms with Crippen LogP contribution in [-0.4, -0.2) is 27.5 Å². The highest BCUT2D eigenvalue weighted by atomic mass is 32.2. The summed E-state index contributed by atoms with van der Waals surface area (Å²) in [5.41, 5.74) is 0.264. The number of anilines is 2. The first-order valence-corrected chi connectivity index (χ1v) is 11.3. The summed E-state index contributed by atoms with van der Waals surface area (Å²) in [6.07, 6.45) is 0. The highest BCUT2D eigenvalue weighted by Gasteiger charge is 2.37. The Labute approximate surface area is 176 Å². The van der Waals surface area contributed by atoms with Crippen LogP contribution in [0.25, 0.3) is 10.8 Å². The van der Waals surface area contributed by atoms with E-state index in [1.807, 2.05) is 45.0 Å². The number of nitrogens with one attached hydrogen (secondary N) is 1. The fourth-order valence-electron chi connectivity index (χ4n) is 3.66. The van der Waals surface area contributed by atoms with Crippen molar-refractivity contribution in [1.82, 2.24) is 0 Å². The number of nitrogens with zero attached hydrogens (tertiary/aromatic N) is 1. The van der Waals surface area contributed by atoms with Crippen molar-refractivity contribution in [3.63, 3.8) is 0 Å². The lowest BCUT2D eigenvalue weighted by Gasteiger charge is -2.27. The third kappa shape index (κ3) is 3.50. The molecule has 3 aromatic carbocycles. The van der Waals surface area contributed by atoms with Crippen LogP contribution in [0.15, 0.2) is 65.6 Å². The predicted molar refractivity (Wildman–Crippen MR) is 119 cm³/mol. The maximum atomic E-state index is 13.1. The normalized spacial score (nSPS) is 16.0. The Morgan fingerprint density at radius 2 is 1.80 bits per heavy atom. The number of hydrogen-bond donors (Lipinski definition) is 1. The molecule has 6 nitrogen and oxygen atoms in total. The van der Waals surface area contributed by atoms with E-state index in [1.165, 1.54) is 0 Å². The van der Waals surface area contributed by atoms with Gasteiger partial charge < -0.3 is 9.64 Å². The molecule has 0 atom stereocenters. The molecule has 7 heteroatoms. The molecule has 30 heavy (non-hydrogen) atoms. The number of fused-ring (bicyclic) bond motifs is 2. The van der Waals surface area contributed by atoms with Crippen molar-refractivity contribution < 1.29 is 17.9 Å². The molecule has 1 aliphatic rings. The van der Waals surface area contributed by atoms with E-state index in [2.05, 4.69) is 4.72 Å². The van der Waals surface area contributed by atoms with Crippen molar-refractivity contribution in [3.8, 4) is 5.75 Å². The number of benzene rings is 3. The average molecular weight is 425 g/mol.